The lowest BCUT2D eigenvalue weighted by Crippen LogP contribution is -2.46. The van der Waals surface area contributed by atoms with Crippen LogP contribution in [0.5, 0.6) is 0 Å². The summed E-state index contributed by atoms with van der Waals surface area (Å²) in [6.45, 7) is 8.14. The van der Waals surface area contributed by atoms with Crippen molar-refractivity contribution in [3.63, 3.8) is 0 Å². The lowest BCUT2D eigenvalue weighted by molar-refractivity contribution is -0.124. The molecule has 1 aromatic heterocycles. The van der Waals surface area contributed by atoms with Crippen LogP contribution in [0.4, 0.5) is 11.4 Å². The molecule has 2 N–H and O–H groups in total. The van der Waals surface area contributed by atoms with Gasteiger partial charge in [0, 0.05) is 43.6 Å². The van der Waals surface area contributed by atoms with Crippen LogP contribution in [-0.4, -0.2) is 42.3 Å². The minimum absolute atomic E-state index is 0.451. The number of benzene rings is 1. The fourth-order valence-corrected chi connectivity index (χ4v) is 3.15. The molecule has 1 amide bonds. The van der Waals surface area contributed by atoms with E-state index in [9.17, 15) is 4.79 Å². The minimum atomic E-state index is -0.536. The van der Waals surface area contributed by atoms with Crippen molar-refractivity contribution in [3.05, 3.63) is 59.9 Å². The number of hydrogen-bond donors (Lipinski definition) is 2. The molecule has 142 valence electrons. The van der Waals surface area contributed by atoms with E-state index in [1.165, 1.54) is 17.5 Å². The van der Waals surface area contributed by atoms with Gasteiger partial charge in [-0.25, -0.2) is 5.48 Å². The van der Waals surface area contributed by atoms with Crippen LogP contribution in [0.25, 0.3) is 6.08 Å². The van der Waals surface area contributed by atoms with Crippen LogP contribution in [0.2, 0.25) is 0 Å². The molecule has 1 aliphatic rings. The predicted octanol–water partition coefficient (Wildman–Crippen LogP) is 3.05. The van der Waals surface area contributed by atoms with Gasteiger partial charge in [-0.3, -0.25) is 15.0 Å². The summed E-state index contributed by atoms with van der Waals surface area (Å²) < 4.78 is 0. The number of amides is 1. The van der Waals surface area contributed by atoms with Crippen molar-refractivity contribution >= 4 is 23.4 Å². The second kappa shape index (κ2) is 8.68. The summed E-state index contributed by atoms with van der Waals surface area (Å²) in [5.74, 6) is -0.0853. The Balaban J connectivity index is 1.57. The Morgan fingerprint density at radius 1 is 1.04 bits per heavy atom. The second-order valence-corrected chi connectivity index (χ2v) is 6.97. The van der Waals surface area contributed by atoms with Crippen LogP contribution in [0.15, 0.2) is 48.7 Å². The monoisotopic (exact) mass is 366 g/mol. The van der Waals surface area contributed by atoms with Crippen LogP contribution in [-0.2, 0) is 4.79 Å². The molecule has 0 bridgehead atoms. The van der Waals surface area contributed by atoms with Crippen molar-refractivity contribution in [3.8, 4) is 0 Å². The zero-order chi connectivity index (χ0) is 19.2. The molecule has 3 rings (SSSR count). The number of carbonyl (C=O) groups excluding carboxylic acids is 1. The Bertz CT molecular complexity index is 777. The van der Waals surface area contributed by atoms with Crippen LogP contribution >= 0.6 is 0 Å². The normalized spacial score (nSPS) is 14.8. The molecule has 1 fully saturated rings. The molecule has 2 heterocycles. The number of nitrogens with zero attached hydrogens (tertiary/aromatic N) is 3. The Kier molecular flexibility index (Phi) is 6.08. The highest BCUT2D eigenvalue weighted by atomic mass is 16.5. The zero-order valence-electron chi connectivity index (χ0n) is 15.8. The van der Waals surface area contributed by atoms with Crippen molar-refractivity contribution in [2.75, 3.05) is 36.0 Å². The first kappa shape index (κ1) is 18.9. The van der Waals surface area contributed by atoms with Gasteiger partial charge in [0.2, 0.25) is 0 Å². The summed E-state index contributed by atoms with van der Waals surface area (Å²) >= 11 is 0. The Hall–Kier alpha value is -2.86. The molecule has 0 radical (unpaired) electrons. The Morgan fingerprint density at radius 3 is 2.15 bits per heavy atom. The number of pyridine rings is 1. The molecular weight excluding hydrogens is 340 g/mol. The second-order valence-electron chi connectivity index (χ2n) is 6.97. The fourth-order valence-electron chi connectivity index (χ4n) is 3.15. The molecule has 1 aromatic carbocycles. The first-order valence-electron chi connectivity index (χ1n) is 9.25. The SMILES string of the molecule is CC(C)c1ccc(N2CCN(c3ccc(/C=C/C(=O)NO)cc3)CC2)cn1. The number of rotatable bonds is 5. The summed E-state index contributed by atoms with van der Waals surface area (Å²) in [5, 5.41) is 8.50. The number of anilines is 2. The van der Waals surface area contributed by atoms with E-state index in [0.717, 1.165) is 37.4 Å². The van der Waals surface area contributed by atoms with Crippen molar-refractivity contribution < 1.29 is 10.0 Å². The number of piperazine rings is 1. The van der Waals surface area contributed by atoms with E-state index in [0.29, 0.717) is 5.92 Å². The molecule has 0 atom stereocenters. The van der Waals surface area contributed by atoms with Crippen molar-refractivity contribution in [2.24, 2.45) is 0 Å². The van der Waals surface area contributed by atoms with Crippen LogP contribution in [0, 0.1) is 0 Å². The van der Waals surface area contributed by atoms with Crippen LogP contribution in [0.3, 0.4) is 0 Å². The van der Waals surface area contributed by atoms with Crippen molar-refractivity contribution in [1.29, 1.82) is 0 Å². The highest BCUT2D eigenvalue weighted by molar-refractivity contribution is 5.90. The van der Waals surface area contributed by atoms with E-state index in [-0.39, 0.29) is 0 Å². The predicted molar refractivity (Wildman–Crippen MR) is 108 cm³/mol. The fraction of sp³-hybridized carbons (Fsp3) is 0.333. The van der Waals surface area contributed by atoms with E-state index in [4.69, 9.17) is 5.21 Å². The molecule has 0 spiro atoms. The van der Waals surface area contributed by atoms with Gasteiger partial charge in [-0.15, -0.1) is 0 Å². The smallest absolute Gasteiger partial charge is 0.267 e. The molecule has 0 saturated carbocycles. The lowest BCUT2D eigenvalue weighted by Gasteiger charge is -2.37. The number of hydroxylamine groups is 1. The molecule has 6 heteroatoms. The van der Waals surface area contributed by atoms with Crippen molar-refractivity contribution in [2.45, 2.75) is 19.8 Å². The maximum absolute atomic E-state index is 11.0. The number of hydrogen-bond acceptors (Lipinski definition) is 5. The number of aromatic nitrogens is 1. The van der Waals surface area contributed by atoms with Gasteiger partial charge in [0.15, 0.2) is 0 Å². The molecular formula is C21H26N4O2. The molecule has 1 aliphatic heterocycles. The Labute approximate surface area is 160 Å². The third kappa shape index (κ3) is 4.86. The summed E-state index contributed by atoms with van der Waals surface area (Å²) in [6.07, 6.45) is 4.95. The topological polar surface area (TPSA) is 68.7 Å². The van der Waals surface area contributed by atoms with Gasteiger partial charge in [0.1, 0.15) is 0 Å². The molecule has 0 unspecified atom stereocenters. The number of carbonyl (C=O) groups is 1. The highest BCUT2D eigenvalue weighted by Gasteiger charge is 2.18. The summed E-state index contributed by atoms with van der Waals surface area (Å²) in [6, 6.07) is 12.3. The highest BCUT2D eigenvalue weighted by Crippen LogP contribution is 2.22. The Morgan fingerprint density at radius 2 is 1.63 bits per heavy atom. The van der Waals surface area contributed by atoms with E-state index >= 15 is 0 Å². The molecule has 0 aliphatic carbocycles. The summed E-state index contributed by atoms with van der Waals surface area (Å²) in [5.41, 5.74) is 5.98. The van der Waals surface area contributed by atoms with Gasteiger partial charge < -0.3 is 9.80 Å². The average molecular weight is 366 g/mol. The van der Waals surface area contributed by atoms with Gasteiger partial charge in [-0.05, 0) is 41.8 Å². The van der Waals surface area contributed by atoms with Crippen molar-refractivity contribution in [1.82, 2.24) is 10.5 Å². The van der Waals surface area contributed by atoms with E-state index in [1.54, 1.807) is 11.6 Å². The van der Waals surface area contributed by atoms with Crippen LogP contribution in [0.1, 0.15) is 31.0 Å². The quantitative estimate of drug-likeness (QED) is 0.484. The molecule has 6 nitrogen and oxygen atoms in total. The van der Waals surface area contributed by atoms with Gasteiger partial charge in [-0.2, -0.15) is 0 Å². The molecule has 2 aromatic rings. The maximum Gasteiger partial charge on any atom is 0.267 e. The van der Waals surface area contributed by atoms with E-state index < -0.39 is 5.91 Å². The van der Waals surface area contributed by atoms with Crippen LogP contribution < -0.4 is 15.3 Å². The third-order valence-electron chi connectivity index (χ3n) is 4.80. The first-order valence-corrected chi connectivity index (χ1v) is 9.25. The van der Waals surface area contributed by atoms with Gasteiger partial charge >= 0.3 is 0 Å². The third-order valence-corrected chi connectivity index (χ3v) is 4.80. The standard InChI is InChI=1S/C21H26N4O2/c1-16(2)20-9-8-19(15-22-20)25-13-11-24(12-14-25)18-6-3-17(4-7-18)5-10-21(26)23-27/h3-10,15-16,27H,11-14H2,1-2H3,(H,23,26)/b10-5+. The minimum Gasteiger partial charge on any atom is -0.368 e. The maximum atomic E-state index is 11.0. The lowest BCUT2D eigenvalue weighted by atomic mass is 10.1. The zero-order valence-corrected chi connectivity index (χ0v) is 15.8. The molecule has 27 heavy (non-hydrogen) atoms. The van der Waals surface area contributed by atoms with Gasteiger partial charge in [-0.1, -0.05) is 26.0 Å². The molecule has 1 saturated heterocycles. The number of nitrogens with one attached hydrogen (secondary N) is 1. The largest absolute Gasteiger partial charge is 0.368 e. The average Bonchev–Trinajstić information content (AvgIpc) is 2.72. The summed E-state index contributed by atoms with van der Waals surface area (Å²) in [7, 11) is 0. The summed E-state index contributed by atoms with van der Waals surface area (Å²) in [4.78, 5) is 20.3. The first-order chi connectivity index (χ1) is 13.1. The van der Waals surface area contributed by atoms with E-state index in [2.05, 4.69) is 52.9 Å². The van der Waals surface area contributed by atoms with Gasteiger partial charge in [0.25, 0.3) is 5.91 Å². The van der Waals surface area contributed by atoms with Gasteiger partial charge in [0.05, 0.1) is 11.9 Å². The van der Waals surface area contributed by atoms with E-state index in [1.807, 2.05) is 18.3 Å².